The second-order valence-electron chi connectivity index (χ2n) is 6.93. The van der Waals surface area contributed by atoms with Gasteiger partial charge in [0.05, 0.1) is 32.1 Å². The van der Waals surface area contributed by atoms with Crippen LogP contribution in [0.3, 0.4) is 0 Å². The highest BCUT2D eigenvalue weighted by atomic mass is 16.5. The van der Waals surface area contributed by atoms with Crippen molar-refractivity contribution in [2.45, 2.75) is 13.3 Å². The van der Waals surface area contributed by atoms with Crippen LogP contribution in [-0.4, -0.2) is 64.9 Å². The Labute approximate surface area is 179 Å². The zero-order valence-electron chi connectivity index (χ0n) is 17.9. The smallest absolute Gasteiger partial charge is 0.340 e. The van der Waals surface area contributed by atoms with Gasteiger partial charge in [-0.15, -0.1) is 0 Å². The first-order chi connectivity index (χ1) is 14.8. The van der Waals surface area contributed by atoms with Gasteiger partial charge >= 0.3 is 12.0 Å². The minimum atomic E-state index is -0.880. The SMILES string of the molecule is COCCNC(=O)NC(=O)COC(=O)c1cc(OC)c(OC)cc1NC(=O)C1CC1C. The molecule has 2 unspecified atom stereocenters. The maximum Gasteiger partial charge on any atom is 0.340 e. The van der Waals surface area contributed by atoms with Crippen molar-refractivity contribution in [3.05, 3.63) is 17.7 Å². The summed E-state index contributed by atoms with van der Waals surface area (Å²) in [6.07, 6.45) is 0.769. The minimum Gasteiger partial charge on any atom is -0.493 e. The summed E-state index contributed by atoms with van der Waals surface area (Å²) in [7, 11) is 4.29. The van der Waals surface area contributed by atoms with E-state index in [0.717, 1.165) is 6.42 Å². The van der Waals surface area contributed by atoms with Crippen molar-refractivity contribution in [1.82, 2.24) is 10.6 Å². The predicted octanol–water partition coefficient (Wildman–Crippen LogP) is 0.927. The number of hydrogen-bond donors (Lipinski definition) is 3. The molecule has 31 heavy (non-hydrogen) atoms. The van der Waals surface area contributed by atoms with Crippen LogP contribution in [0.5, 0.6) is 11.5 Å². The lowest BCUT2D eigenvalue weighted by molar-refractivity contribution is -0.123. The molecular weight excluding hydrogens is 410 g/mol. The number of urea groups is 1. The average molecular weight is 437 g/mol. The van der Waals surface area contributed by atoms with E-state index in [1.54, 1.807) is 0 Å². The number of amides is 4. The molecule has 2 atom stereocenters. The summed E-state index contributed by atoms with van der Waals surface area (Å²) in [5.41, 5.74) is 0.154. The van der Waals surface area contributed by atoms with Crippen LogP contribution in [0.2, 0.25) is 0 Å². The molecule has 0 bridgehead atoms. The summed E-state index contributed by atoms with van der Waals surface area (Å²) >= 11 is 0. The first kappa shape index (κ1) is 23.9. The Kier molecular flexibility index (Phi) is 8.62. The van der Waals surface area contributed by atoms with E-state index < -0.39 is 24.5 Å². The van der Waals surface area contributed by atoms with Gasteiger partial charge in [-0.2, -0.15) is 0 Å². The molecule has 1 saturated carbocycles. The number of hydrogen-bond acceptors (Lipinski definition) is 8. The number of carbonyl (C=O) groups excluding carboxylic acids is 4. The second kappa shape index (κ2) is 11.2. The summed E-state index contributed by atoms with van der Waals surface area (Å²) in [5.74, 6) is -1.22. The Hall–Kier alpha value is -3.34. The first-order valence-electron chi connectivity index (χ1n) is 9.61. The van der Waals surface area contributed by atoms with Gasteiger partial charge in [-0.05, 0) is 12.3 Å². The lowest BCUT2D eigenvalue weighted by Gasteiger charge is -2.15. The Balaban J connectivity index is 2.06. The first-order valence-corrected chi connectivity index (χ1v) is 9.61. The molecule has 0 spiro atoms. The van der Waals surface area contributed by atoms with Gasteiger partial charge in [-0.3, -0.25) is 14.9 Å². The number of methoxy groups -OCH3 is 3. The van der Waals surface area contributed by atoms with E-state index in [9.17, 15) is 19.2 Å². The summed E-state index contributed by atoms with van der Waals surface area (Å²) in [6, 6.07) is 2.06. The number of benzene rings is 1. The van der Waals surface area contributed by atoms with Crippen molar-refractivity contribution >= 4 is 29.5 Å². The fourth-order valence-corrected chi connectivity index (χ4v) is 2.75. The van der Waals surface area contributed by atoms with Gasteiger partial charge in [0.2, 0.25) is 5.91 Å². The van der Waals surface area contributed by atoms with Gasteiger partial charge in [-0.25, -0.2) is 9.59 Å². The van der Waals surface area contributed by atoms with Crippen molar-refractivity contribution < 1.29 is 38.1 Å². The second-order valence-corrected chi connectivity index (χ2v) is 6.93. The third kappa shape index (κ3) is 6.85. The molecule has 1 aromatic rings. The molecule has 0 saturated heterocycles. The molecule has 0 aromatic heterocycles. The normalized spacial score (nSPS) is 16.6. The monoisotopic (exact) mass is 437 g/mol. The zero-order chi connectivity index (χ0) is 23.0. The molecule has 4 amide bonds. The van der Waals surface area contributed by atoms with Crippen LogP contribution in [-0.2, 0) is 19.1 Å². The molecule has 1 fully saturated rings. The molecule has 1 aliphatic rings. The number of carbonyl (C=O) groups is 4. The van der Waals surface area contributed by atoms with Crippen LogP contribution in [0.1, 0.15) is 23.7 Å². The average Bonchev–Trinajstić information content (AvgIpc) is 3.48. The molecule has 3 N–H and O–H groups in total. The fourth-order valence-electron chi connectivity index (χ4n) is 2.75. The molecule has 2 rings (SSSR count). The molecular formula is C20H27N3O8. The van der Waals surface area contributed by atoms with E-state index in [4.69, 9.17) is 18.9 Å². The summed E-state index contributed by atoms with van der Waals surface area (Å²) < 4.78 is 20.2. The maximum atomic E-state index is 12.6. The fraction of sp³-hybridized carbons (Fsp3) is 0.500. The highest BCUT2D eigenvalue weighted by molar-refractivity contribution is 6.04. The van der Waals surface area contributed by atoms with Gasteiger partial charge in [0, 0.05) is 31.7 Å². The predicted molar refractivity (Wildman–Crippen MR) is 109 cm³/mol. The lowest BCUT2D eigenvalue weighted by atomic mass is 10.1. The van der Waals surface area contributed by atoms with E-state index in [1.165, 1.54) is 33.5 Å². The number of anilines is 1. The van der Waals surface area contributed by atoms with Crippen molar-refractivity contribution in [2.75, 3.05) is 46.4 Å². The Morgan fingerprint density at radius 3 is 2.29 bits per heavy atom. The molecule has 0 heterocycles. The quantitative estimate of drug-likeness (QED) is 0.363. The number of nitrogens with one attached hydrogen (secondary N) is 3. The molecule has 0 aliphatic heterocycles. The third-order valence-corrected chi connectivity index (χ3v) is 4.63. The van der Waals surface area contributed by atoms with Gasteiger partial charge in [0.1, 0.15) is 0 Å². The topological polar surface area (TPSA) is 141 Å². The number of ether oxygens (including phenoxy) is 4. The van der Waals surface area contributed by atoms with Crippen LogP contribution >= 0.6 is 0 Å². The molecule has 0 radical (unpaired) electrons. The highest BCUT2D eigenvalue weighted by Gasteiger charge is 2.39. The number of rotatable bonds is 10. The Morgan fingerprint density at radius 1 is 1.06 bits per heavy atom. The minimum absolute atomic E-state index is 0.0170. The highest BCUT2D eigenvalue weighted by Crippen LogP contribution is 2.40. The van der Waals surface area contributed by atoms with Crippen molar-refractivity contribution in [3.63, 3.8) is 0 Å². The van der Waals surface area contributed by atoms with E-state index in [0.29, 0.717) is 5.75 Å². The Morgan fingerprint density at radius 2 is 1.71 bits per heavy atom. The van der Waals surface area contributed by atoms with Gasteiger partial charge in [0.15, 0.2) is 18.1 Å². The zero-order valence-corrected chi connectivity index (χ0v) is 17.9. The van der Waals surface area contributed by atoms with Crippen LogP contribution in [0.25, 0.3) is 0 Å². The molecule has 11 nitrogen and oxygen atoms in total. The standard InChI is InChI=1S/C20H27N3O8/c1-11-7-12(11)18(25)22-14-9-16(30-4)15(29-3)8-13(14)19(26)31-10-17(24)23-20(27)21-5-6-28-2/h8-9,11-12H,5-7,10H2,1-4H3,(H,22,25)(H2,21,23,24,27). The van der Waals surface area contributed by atoms with Crippen LogP contribution < -0.4 is 25.4 Å². The van der Waals surface area contributed by atoms with Crippen LogP contribution in [0.4, 0.5) is 10.5 Å². The van der Waals surface area contributed by atoms with Gasteiger partial charge < -0.3 is 29.6 Å². The summed E-state index contributed by atoms with van der Waals surface area (Å²) in [4.78, 5) is 48.4. The Bertz CT molecular complexity index is 842. The summed E-state index contributed by atoms with van der Waals surface area (Å²) in [6.45, 7) is 1.75. The van der Waals surface area contributed by atoms with Crippen LogP contribution in [0, 0.1) is 11.8 Å². The van der Waals surface area contributed by atoms with E-state index in [-0.39, 0.29) is 47.9 Å². The third-order valence-electron chi connectivity index (χ3n) is 4.63. The van der Waals surface area contributed by atoms with Crippen molar-refractivity contribution in [1.29, 1.82) is 0 Å². The van der Waals surface area contributed by atoms with Crippen molar-refractivity contribution in [2.24, 2.45) is 11.8 Å². The van der Waals surface area contributed by atoms with Crippen LogP contribution in [0.15, 0.2) is 12.1 Å². The lowest BCUT2D eigenvalue weighted by Crippen LogP contribution is -2.42. The molecule has 1 aromatic carbocycles. The van der Waals surface area contributed by atoms with Gasteiger partial charge in [-0.1, -0.05) is 6.92 Å². The van der Waals surface area contributed by atoms with Gasteiger partial charge in [0.25, 0.3) is 5.91 Å². The number of esters is 1. The summed E-state index contributed by atoms with van der Waals surface area (Å²) in [5, 5.41) is 7.13. The largest absolute Gasteiger partial charge is 0.493 e. The van der Waals surface area contributed by atoms with E-state index in [2.05, 4.69) is 10.6 Å². The maximum absolute atomic E-state index is 12.6. The molecule has 170 valence electrons. The van der Waals surface area contributed by atoms with Crippen molar-refractivity contribution in [3.8, 4) is 11.5 Å². The van der Waals surface area contributed by atoms with E-state index >= 15 is 0 Å². The number of imide groups is 1. The molecule has 11 heteroatoms. The van der Waals surface area contributed by atoms with E-state index in [1.807, 2.05) is 12.2 Å². The molecule has 1 aliphatic carbocycles.